The van der Waals surface area contributed by atoms with Crippen molar-refractivity contribution in [1.82, 2.24) is 0 Å². The van der Waals surface area contributed by atoms with Crippen molar-refractivity contribution in [2.75, 3.05) is 0 Å². The summed E-state index contributed by atoms with van der Waals surface area (Å²) in [5.74, 6) is -0.133. The van der Waals surface area contributed by atoms with E-state index in [4.69, 9.17) is 23.2 Å². The molecule has 0 saturated carbocycles. The van der Waals surface area contributed by atoms with Crippen molar-refractivity contribution >= 4 is 34.8 Å². The third-order valence-corrected chi connectivity index (χ3v) is 8.29. The number of alkyl halides is 2. The molecule has 178 valence electrons. The first-order valence-electron chi connectivity index (χ1n) is 11.3. The maximum Gasteiger partial charge on any atom is 0.184 e. The quantitative estimate of drug-likeness (QED) is 0.357. The molecule has 4 heteroatoms. The van der Waals surface area contributed by atoms with E-state index in [0.717, 1.165) is 11.1 Å². The first-order valence-corrected chi connectivity index (χ1v) is 12.1. The van der Waals surface area contributed by atoms with Crippen molar-refractivity contribution < 1.29 is 9.59 Å². The van der Waals surface area contributed by atoms with Crippen LogP contribution in [-0.4, -0.2) is 21.3 Å². The lowest BCUT2D eigenvalue weighted by Crippen LogP contribution is -2.49. The van der Waals surface area contributed by atoms with Crippen molar-refractivity contribution in [2.45, 2.75) is 92.8 Å². The molecule has 32 heavy (non-hydrogen) atoms. The van der Waals surface area contributed by atoms with Gasteiger partial charge in [-0.25, -0.2) is 0 Å². The number of ketones is 2. The highest BCUT2D eigenvalue weighted by molar-refractivity contribution is 6.41. The van der Waals surface area contributed by atoms with Gasteiger partial charge in [-0.3, -0.25) is 9.59 Å². The Morgan fingerprint density at radius 2 is 0.812 bits per heavy atom. The predicted molar refractivity (Wildman–Crippen MR) is 137 cm³/mol. The lowest BCUT2D eigenvalue weighted by atomic mass is 9.64. The minimum Gasteiger partial charge on any atom is -0.292 e. The molecule has 2 aliphatic rings. The van der Waals surface area contributed by atoms with Gasteiger partial charge < -0.3 is 0 Å². The van der Waals surface area contributed by atoms with Crippen molar-refractivity contribution in [1.29, 1.82) is 0 Å². The van der Waals surface area contributed by atoms with E-state index in [9.17, 15) is 9.59 Å². The van der Waals surface area contributed by atoms with Crippen molar-refractivity contribution in [3.05, 3.63) is 46.6 Å². The van der Waals surface area contributed by atoms with Gasteiger partial charge in [0.15, 0.2) is 11.6 Å². The molecule has 0 aromatic carbocycles. The number of carbonyl (C=O) groups is 2. The van der Waals surface area contributed by atoms with E-state index in [0.29, 0.717) is 11.1 Å². The molecule has 0 spiro atoms. The average molecular weight is 480 g/mol. The number of hydrogen-bond donors (Lipinski definition) is 0. The third kappa shape index (κ3) is 4.47. The van der Waals surface area contributed by atoms with Crippen molar-refractivity contribution in [3.63, 3.8) is 0 Å². The number of Topliss-reactive ketones (excluding diaryl/α,β-unsaturated/α-hetero) is 2. The number of allylic oxidation sites excluding steroid dienone is 8. The van der Waals surface area contributed by atoms with Crippen LogP contribution in [0.25, 0.3) is 0 Å². The standard InChI is InChI=1S/C28H40Cl2O2/c1-23(2,3)19-13-17(15-27(29,21(19)31)25(7,8)9)18-14-20(24(4,5)6)22(32)28(30,16-18)26(10,11)12/h13-16H,1-12H3/t27-,28+. The van der Waals surface area contributed by atoms with Gasteiger partial charge in [-0.1, -0.05) is 83.1 Å². The summed E-state index contributed by atoms with van der Waals surface area (Å²) in [6.07, 6.45) is 7.61. The van der Waals surface area contributed by atoms with Gasteiger partial charge in [0.2, 0.25) is 0 Å². The topological polar surface area (TPSA) is 34.1 Å². The molecule has 0 unspecified atom stereocenters. The Morgan fingerprint density at radius 1 is 0.562 bits per heavy atom. The van der Waals surface area contributed by atoms with E-state index in [-0.39, 0.29) is 22.4 Å². The number of carbonyl (C=O) groups excluding carboxylic acids is 2. The van der Waals surface area contributed by atoms with Gasteiger partial charge in [-0.2, -0.15) is 0 Å². The summed E-state index contributed by atoms with van der Waals surface area (Å²) >= 11 is 14.2. The second kappa shape index (κ2) is 7.70. The SMILES string of the molecule is CC(C)(C)C1=CC(C2=C[C@@](Cl)(C(C)(C)C)C(=O)C(C(C)(C)C)=C2)=C[C@](Cl)(C(C)(C)C)C1=O. The van der Waals surface area contributed by atoms with Crippen LogP contribution in [0.4, 0.5) is 0 Å². The first kappa shape index (κ1) is 27.1. The van der Waals surface area contributed by atoms with Crippen LogP contribution in [0.1, 0.15) is 83.1 Å². The summed E-state index contributed by atoms with van der Waals surface area (Å²) in [6.45, 7) is 24.0. The van der Waals surface area contributed by atoms with E-state index < -0.39 is 20.6 Å². The fraction of sp³-hybridized carbons (Fsp3) is 0.643. The maximum absolute atomic E-state index is 13.6. The van der Waals surface area contributed by atoms with E-state index in [1.54, 1.807) is 0 Å². The zero-order chi connectivity index (χ0) is 25.3. The van der Waals surface area contributed by atoms with Crippen LogP contribution >= 0.6 is 23.2 Å². The zero-order valence-corrected chi connectivity index (χ0v) is 23.4. The van der Waals surface area contributed by atoms with Crippen LogP contribution in [0.2, 0.25) is 0 Å². The van der Waals surface area contributed by atoms with E-state index >= 15 is 0 Å². The summed E-state index contributed by atoms with van der Waals surface area (Å²) in [5, 5.41) is 0. The summed E-state index contributed by atoms with van der Waals surface area (Å²) in [5.41, 5.74) is 1.25. The highest BCUT2D eigenvalue weighted by atomic mass is 35.5. The summed E-state index contributed by atoms with van der Waals surface area (Å²) in [6, 6.07) is 0. The third-order valence-electron chi connectivity index (χ3n) is 6.59. The van der Waals surface area contributed by atoms with E-state index in [1.807, 2.05) is 107 Å². The van der Waals surface area contributed by atoms with Crippen LogP contribution in [0.15, 0.2) is 46.6 Å². The van der Waals surface area contributed by atoms with Gasteiger partial charge >= 0.3 is 0 Å². The molecule has 0 aliphatic heterocycles. The molecular weight excluding hydrogens is 439 g/mol. The molecular formula is C28H40Cl2O2. The van der Waals surface area contributed by atoms with Gasteiger partial charge in [0.1, 0.15) is 9.75 Å². The molecule has 0 amide bonds. The molecule has 2 aliphatic carbocycles. The predicted octanol–water partition coefficient (Wildman–Crippen LogP) is 8.00. The van der Waals surface area contributed by atoms with Crippen molar-refractivity contribution in [2.24, 2.45) is 21.7 Å². The van der Waals surface area contributed by atoms with Crippen LogP contribution < -0.4 is 0 Å². The molecule has 0 bridgehead atoms. The van der Waals surface area contributed by atoms with Crippen molar-refractivity contribution in [3.8, 4) is 0 Å². The molecule has 0 radical (unpaired) electrons. The summed E-state index contributed by atoms with van der Waals surface area (Å²) in [4.78, 5) is 24.7. The normalized spacial score (nSPS) is 28.2. The van der Waals surface area contributed by atoms with E-state index in [2.05, 4.69) is 0 Å². The maximum atomic E-state index is 13.6. The smallest absolute Gasteiger partial charge is 0.184 e. The van der Waals surface area contributed by atoms with Crippen LogP contribution in [0, 0.1) is 21.7 Å². The second-order valence-electron chi connectivity index (χ2n) is 13.4. The Balaban J connectivity index is 2.92. The molecule has 0 fully saturated rings. The molecule has 2 atom stereocenters. The minimum absolute atomic E-state index is 0.0663. The monoisotopic (exact) mass is 478 g/mol. The largest absolute Gasteiger partial charge is 0.292 e. The Hall–Kier alpha value is -1.12. The minimum atomic E-state index is -1.20. The lowest BCUT2D eigenvalue weighted by molar-refractivity contribution is -0.121. The average Bonchev–Trinajstić information content (AvgIpc) is 2.55. The highest BCUT2D eigenvalue weighted by Gasteiger charge is 2.52. The van der Waals surface area contributed by atoms with Gasteiger partial charge in [0, 0.05) is 11.1 Å². The number of halogens is 2. The Labute approximate surface area is 205 Å². The highest BCUT2D eigenvalue weighted by Crippen LogP contribution is 2.51. The summed E-state index contributed by atoms with van der Waals surface area (Å²) in [7, 11) is 0. The molecule has 0 saturated heterocycles. The first-order chi connectivity index (χ1) is 14.0. The molecule has 0 N–H and O–H groups in total. The van der Waals surface area contributed by atoms with Gasteiger partial charge in [0.25, 0.3) is 0 Å². The second-order valence-corrected chi connectivity index (χ2v) is 14.6. The van der Waals surface area contributed by atoms with Crippen LogP contribution in [-0.2, 0) is 9.59 Å². The Morgan fingerprint density at radius 3 is 1.00 bits per heavy atom. The number of rotatable bonds is 1. The zero-order valence-electron chi connectivity index (χ0n) is 21.9. The van der Waals surface area contributed by atoms with Gasteiger partial charge in [0.05, 0.1) is 0 Å². The van der Waals surface area contributed by atoms with E-state index in [1.165, 1.54) is 0 Å². The van der Waals surface area contributed by atoms with Crippen LogP contribution in [0.3, 0.4) is 0 Å². The van der Waals surface area contributed by atoms with Crippen LogP contribution in [0.5, 0.6) is 0 Å². The molecule has 0 aromatic heterocycles. The molecule has 2 rings (SSSR count). The molecule has 0 aromatic rings. The summed E-state index contributed by atoms with van der Waals surface area (Å²) < 4.78 is 0. The fourth-order valence-corrected chi connectivity index (χ4v) is 4.48. The lowest BCUT2D eigenvalue weighted by Gasteiger charge is -2.43. The van der Waals surface area contributed by atoms with Gasteiger partial charge in [-0.15, -0.1) is 23.2 Å². The Kier molecular flexibility index (Phi) is 6.53. The fourth-order valence-electron chi connectivity index (χ4n) is 4.04. The molecule has 2 nitrogen and oxygen atoms in total. The Bertz CT molecular complexity index is 883. The number of hydrogen-bond acceptors (Lipinski definition) is 2. The van der Waals surface area contributed by atoms with Gasteiger partial charge in [-0.05, 0) is 57.1 Å². The molecule has 0 heterocycles.